The summed E-state index contributed by atoms with van der Waals surface area (Å²) in [7, 11) is 1.52. The maximum absolute atomic E-state index is 12.9. The van der Waals surface area contributed by atoms with Crippen LogP contribution >= 0.6 is 12.2 Å². The number of thiocarbonyl (C=S) groups is 1. The van der Waals surface area contributed by atoms with E-state index in [9.17, 15) is 9.59 Å². The molecule has 3 rings (SSSR count). The van der Waals surface area contributed by atoms with Crippen LogP contribution in [-0.2, 0) is 14.3 Å². The Morgan fingerprint density at radius 3 is 2.72 bits per heavy atom. The van der Waals surface area contributed by atoms with Crippen LogP contribution in [0.3, 0.4) is 0 Å². The number of methoxy groups -OCH3 is 1. The third-order valence-corrected chi connectivity index (χ3v) is 5.30. The first-order valence-electron chi connectivity index (χ1n) is 9.86. The standard InChI is InChI=1S/C21H26N2O5S/c1-3-27-19(24)13-28-17-10-9-14(12-18(17)26-2)11-16-20(25)23(21(29)22-16)15-7-5-4-6-8-15/h9-12,15H,3-8,13H2,1-2H3,(H,22,29)/b16-11-. The molecule has 29 heavy (non-hydrogen) atoms. The second-order valence-corrected chi connectivity index (χ2v) is 7.35. The van der Waals surface area contributed by atoms with Gasteiger partial charge in [-0.3, -0.25) is 9.69 Å². The predicted octanol–water partition coefficient (Wildman–Crippen LogP) is 3.03. The maximum atomic E-state index is 12.9. The molecule has 1 amide bonds. The summed E-state index contributed by atoms with van der Waals surface area (Å²) in [6, 6.07) is 5.41. The number of hydrogen-bond donors (Lipinski definition) is 1. The fourth-order valence-corrected chi connectivity index (χ4v) is 3.96. The molecule has 1 heterocycles. The molecule has 0 unspecified atom stereocenters. The zero-order chi connectivity index (χ0) is 20.8. The summed E-state index contributed by atoms with van der Waals surface area (Å²) in [6.45, 7) is 1.84. The van der Waals surface area contributed by atoms with Crippen molar-refractivity contribution in [1.82, 2.24) is 10.2 Å². The fraction of sp³-hybridized carbons (Fsp3) is 0.476. The molecular weight excluding hydrogens is 392 g/mol. The van der Waals surface area contributed by atoms with E-state index in [1.165, 1.54) is 13.5 Å². The van der Waals surface area contributed by atoms with Gasteiger partial charge in [-0.1, -0.05) is 25.3 Å². The van der Waals surface area contributed by atoms with E-state index in [-0.39, 0.29) is 18.6 Å². The molecule has 0 radical (unpaired) electrons. The summed E-state index contributed by atoms with van der Waals surface area (Å²) in [5.74, 6) is 0.342. The molecule has 0 bridgehead atoms. The van der Waals surface area contributed by atoms with Gasteiger partial charge in [-0.05, 0) is 55.8 Å². The largest absolute Gasteiger partial charge is 0.493 e. The van der Waals surface area contributed by atoms with Crippen LogP contribution in [0.5, 0.6) is 11.5 Å². The van der Waals surface area contributed by atoms with Crippen molar-refractivity contribution in [3.05, 3.63) is 29.5 Å². The highest BCUT2D eigenvalue weighted by molar-refractivity contribution is 7.80. The first-order chi connectivity index (χ1) is 14.0. The second kappa shape index (κ2) is 9.73. The molecule has 7 nitrogen and oxygen atoms in total. The number of esters is 1. The van der Waals surface area contributed by atoms with Crippen LogP contribution in [0.15, 0.2) is 23.9 Å². The average molecular weight is 419 g/mol. The van der Waals surface area contributed by atoms with E-state index < -0.39 is 5.97 Å². The van der Waals surface area contributed by atoms with E-state index in [2.05, 4.69) is 5.32 Å². The van der Waals surface area contributed by atoms with Gasteiger partial charge >= 0.3 is 5.97 Å². The lowest BCUT2D eigenvalue weighted by Gasteiger charge is -2.29. The minimum Gasteiger partial charge on any atom is -0.493 e. The number of ether oxygens (including phenoxy) is 3. The van der Waals surface area contributed by atoms with Crippen molar-refractivity contribution in [2.24, 2.45) is 0 Å². The maximum Gasteiger partial charge on any atom is 0.344 e. The lowest BCUT2D eigenvalue weighted by molar-refractivity contribution is -0.145. The molecule has 1 saturated heterocycles. The Bertz CT molecular complexity index is 817. The molecule has 1 N–H and O–H groups in total. The van der Waals surface area contributed by atoms with Gasteiger partial charge in [-0.2, -0.15) is 0 Å². The van der Waals surface area contributed by atoms with Crippen molar-refractivity contribution in [1.29, 1.82) is 0 Å². The second-order valence-electron chi connectivity index (χ2n) is 6.96. The highest BCUT2D eigenvalue weighted by Gasteiger charge is 2.36. The number of benzene rings is 1. The monoisotopic (exact) mass is 418 g/mol. The molecule has 8 heteroatoms. The quantitative estimate of drug-likeness (QED) is 0.414. The summed E-state index contributed by atoms with van der Waals surface area (Å²) in [6.07, 6.45) is 7.18. The van der Waals surface area contributed by atoms with Gasteiger partial charge in [0.25, 0.3) is 5.91 Å². The molecule has 1 aliphatic heterocycles. The predicted molar refractivity (Wildman–Crippen MR) is 113 cm³/mol. The van der Waals surface area contributed by atoms with Crippen LogP contribution in [-0.4, -0.2) is 48.3 Å². The summed E-state index contributed by atoms with van der Waals surface area (Å²) >= 11 is 5.41. The van der Waals surface area contributed by atoms with E-state index in [0.717, 1.165) is 31.2 Å². The molecular formula is C21H26N2O5S. The summed E-state index contributed by atoms with van der Waals surface area (Å²) < 4.78 is 15.7. The Morgan fingerprint density at radius 2 is 2.03 bits per heavy atom. The van der Waals surface area contributed by atoms with Crippen molar-refractivity contribution in [3.63, 3.8) is 0 Å². The Hall–Kier alpha value is -2.61. The third-order valence-electron chi connectivity index (χ3n) is 5.00. The van der Waals surface area contributed by atoms with Crippen LogP contribution in [0, 0.1) is 0 Å². The number of nitrogens with zero attached hydrogens (tertiary/aromatic N) is 1. The van der Waals surface area contributed by atoms with E-state index in [4.69, 9.17) is 26.4 Å². The lowest BCUT2D eigenvalue weighted by Crippen LogP contribution is -2.41. The number of carbonyl (C=O) groups excluding carboxylic acids is 2. The minimum atomic E-state index is -0.446. The molecule has 0 aromatic heterocycles. The molecule has 1 aromatic carbocycles. The molecule has 156 valence electrons. The Kier molecular flexibility index (Phi) is 7.09. The molecule has 1 aliphatic carbocycles. The van der Waals surface area contributed by atoms with Gasteiger partial charge in [0.1, 0.15) is 5.70 Å². The van der Waals surface area contributed by atoms with Crippen LogP contribution in [0.2, 0.25) is 0 Å². The van der Waals surface area contributed by atoms with E-state index in [1.54, 1.807) is 36.1 Å². The van der Waals surface area contributed by atoms with Gasteiger partial charge in [0.15, 0.2) is 23.2 Å². The molecule has 2 aliphatic rings. The van der Waals surface area contributed by atoms with Crippen LogP contribution in [0.4, 0.5) is 0 Å². The number of rotatable bonds is 7. The van der Waals surface area contributed by atoms with Gasteiger partial charge in [-0.15, -0.1) is 0 Å². The van der Waals surface area contributed by atoms with Crippen molar-refractivity contribution < 1.29 is 23.8 Å². The van der Waals surface area contributed by atoms with E-state index in [1.807, 2.05) is 0 Å². The van der Waals surface area contributed by atoms with Gasteiger partial charge in [0.2, 0.25) is 0 Å². The van der Waals surface area contributed by atoms with Gasteiger partial charge in [0.05, 0.1) is 13.7 Å². The van der Waals surface area contributed by atoms with Crippen molar-refractivity contribution in [2.75, 3.05) is 20.3 Å². The SMILES string of the molecule is CCOC(=O)COc1ccc(/C=C2\NC(=S)N(C3CCCCC3)C2=O)cc1OC. The average Bonchev–Trinajstić information content (AvgIpc) is 3.00. The molecule has 1 aromatic rings. The fourth-order valence-electron chi connectivity index (χ4n) is 3.62. The minimum absolute atomic E-state index is 0.0940. The molecule has 0 spiro atoms. The van der Waals surface area contributed by atoms with Crippen molar-refractivity contribution >= 4 is 35.3 Å². The zero-order valence-corrected chi connectivity index (χ0v) is 17.5. The molecule has 1 saturated carbocycles. The summed E-state index contributed by atoms with van der Waals surface area (Å²) in [4.78, 5) is 26.1. The highest BCUT2D eigenvalue weighted by Crippen LogP contribution is 2.30. The first-order valence-corrected chi connectivity index (χ1v) is 10.3. The number of hydrogen-bond acceptors (Lipinski definition) is 6. The summed E-state index contributed by atoms with van der Waals surface area (Å²) in [5, 5.41) is 3.51. The van der Waals surface area contributed by atoms with Crippen LogP contribution < -0.4 is 14.8 Å². The molecule has 0 atom stereocenters. The van der Waals surface area contributed by atoms with E-state index in [0.29, 0.717) is 28.9 Å². The van der Waals surface area contributed by atoms with Gasteiger partial charge in [0, 0.05) is 6.04 Å². The number of nitrogens with one attached hydrogen (secondary N) is 1. The number of amides is 1. The van der Waals surface area contributed by atoms with Crippen LogP contribution in [0.1, 0.15) is 44.6 Å². The van der Waals surface area contributed by atoms with Crippen molar-refractivity contribution in [3.8, 4) is 11.5 Å². The lowest BCUT2D eigenvalue weighted by atomic mass is 9.94. The van der Waals surface area contributed by atoms with Crippen LogP contribution in [0.25, 0.3) is 6.08 Å². The van der Waals surface area contributed by atoms with Gasteiger partial charge < -0.3 is 19.5 Å². The summed E-state index contributed by atoms with van der Waals surface area (Å²) in [5.41, 5.74) is 1.21. The van der Waals surface area contributed by atoms with E-state index >= 15 is 0 Å². The highest BCUT2D eigenvalue weighted by atomic mass is 32.1. The smallest absolute Gasteiger partial charge is 0.344 e. The Balaban J connectivity index is 1.73. The zero-order valence-electron chi connectivity index (χ0n) is 16.7. The topological polar surface area (TPSA) is 77.1 Å². The Morgan fingerprint density at radius 1 is 1.28 bits per heavy atom. The van der Waals surface area contributed by atoms with Gasteiger partial charge in [-0.25, -0.2) is 4.79 Å². The first kappa shape index (κ1) is 21.1. The number of carbonyl (C=O) groups is 2. The third kappa shape index (κ3) is 5.06. The molecule has 2 fully saturated rings. The van der Waals surface area contributed by atoms with Crippen molar-refractivity contribution in [2.45, 2.75) is 45.1 Å². The Labute approximate surface area is 176 Å². The normalized spacial score (nSPS) is 18.7.